The number of anilines is 3. The van der Waals surface area contributed by atoms with Gasteiger partial charge in [0, 0.05) is 23.3 Å². The van der Waals surface area contributed by atoms with Gasteiger partial charge in [-0.1, -0.05) is 41.4 Å². The van der Waals surface area contributed by atoms with Crippen LogP contribution in [0.4, 0.5) is 21.8 Å². The van der Waals surface area contributed by atoms with Gasteiger partial charge in [0.15, 0.2) is 0 Å². The topological polar surface area (TPSA) is 49.8 Å². The van der Waals surface area contributed by atoms with E-state index in [1.165, 1.54) is 6.07 Å². The van der Waals surface area contributed by atoms with Gasteiger partial charge >= 0.3 is 0 Å². The van der Waals surface area contributed by atoms with Gasteiger partial charge in [-0.05, 0) is 30.3 Å². The number of rotatable bonds is 5. The Kier molecular flexibility index (Phi) is 5.13. The first-order valence-electron chi connectivity index (χ1n) is 7.14. The molecule has 0 radical (unpaired) electrons. The van der Waals surface area contributed by atoms with E-state index >= 15 is 0 Å². The minimum absolute atomic E-state index is 0.259. The van der Waals surface area contributed by atoms with Crippen molar-refractivity contribution in [1.82, 2.24) is 9.97 Å². The van der Waals surface area contributed by atoms with Crippen molar-refractivity contribution in [1.29, 1.82) is 0 Å². The predicted octanol–water partition coefficient (Wildman–Crippen LogP) is 5.28. The van der Waals surface area contributed by atoms with E-state index in [2.05, 4.69) is 20.6 Å². The zero-order valence-electron chi connectivity index (χ0n) is 12.4. The molecule has 122 valence electrons. The lowest BCUT2D eigenvalue weighted by Gasteiger charge is -2.10. The molecule has 0 aliphatic carbocycles. The molecule has 4 nitrogen and oxygen atoms in total. The molecular weight excluding hydrogens is 350 g/mol. The molecule has 1 heterocycles. The van der Waals surface area contributed by atoms with Crippen LogP contribution in [0.2, 0.25) is 10.0 Å². The van der Waals surface area contributed by atoms with Gasteiger partial charge in [0.1, 0.15) is 11.6 Å². The fourth-order valence-corrected chi connectivity index (χ4v) is 2.51. The predicted molar refractivity (Wildman–Crippen MR) is 95.5 cm³/mol. The number of halogens is 3. The Morgan fingerprint density at radius 1 is 1.04 bits per heavy atom. The van der Waals surface area contributed by atoms with E-state index in [4.69, 9.17) is 23.2 Å². The first-order chi connectivity index (χ1) is 11.6. The molecule has 2 aromatic carbocycles. The molecule has 7 heteroatoms. The maximum absolute atomic E-state index is 13.6. The third kappa shape index (κ3) is 4.13. The van der Waals surface area contributed by atoms with Crippen molar-refractivity contribution in [2.75, 3.05) is 10.6 Å². The Hall–Kier alpha value is -2.37. The van der Waals surface area contributed by atoms with E-state index in [9.17, 15) is 4.39 Å². The molecule has 3 aromatic rings. The Bertz CT molecular complexity index is 857. The standard InChI is InChI=1S/C17H13Cl2FN4/c18-12-5-6-15(13(19)9-12)23-17-21-8-7-16(24-17)22-10-11-3-1-2-4-14(11)20/h1-9H,10H2,(H2,21,22,23,24). The van der Waals surface area contributed by atoms with E-state index in [1.54, 1.807) is 48.7 Å². The summed E-state index contributed by atoms with van der Waals surface area (Å²) >= 11 is 12.0. The molecule has 3 rings (SSSR count). The van der Waals surface area contributed by atoms with Crippen LogP contribution in [0.1, 0.15) is 5.56 Å². The van der Waals surface area contributed by atoms with Crippen molar-refractivity contribution < 1.29 is 4.39 Å². The van der Waals surface area contributed by atoms with E-state index in [0.29, 0.717) is 39.6 Å². The third-order valence-corrected chi connectivity index (χ3v) is 3.80. The number of hydrogen-bond acceptors (Lipinski definition) is 4. The molecule has 0 spiro atoms. The van der Waals surface area contributed by atoms with Crippen molar-refractivity contribution in [3.05, 3.63) is 76.2 Å². The highest BCUT2D eigenvalue weighted by Gasteiger charge is 2.05. The summed E-state index contributed by atoms with van der Waals surface area (Å²) in [6, 6.07) is 13.4. The van der Waals surface area contributed by atoms with Crippen LogP contribution in [0, 0.1) is 5.82 Å². The van der Waals surface area contributed by atoms with Gasteiger partial charge in [-0.2, -0.15) is 4.98 Å². The summed E-state index contributed by atoms with van der Waals surface area (Å²) in [5, 5.41) is 7.11. The van der Waals surface area contributed by atoms with E-state index in [0.717, 1.165) is 0 Å². The Balaban J connectivity index is 1.71. The van der Waals surface area contributed by atoms with Crippen molar-refractivity contribution in [3.8, 4) is 0 Å². The van der Waals surface area contributed by atoms with Gasteiger partial charge in [0.05, 0.1) is 10.7 Å². The van der Waals surface area contributed by atoms with Gasteiger partial charge in [-0.15, -0.1) is 0 Å². The van der Waals surface area contributed by atoms with Crippen molar-refractivity contribution in [2.45, 2.75) is 6.54 Å². The Morgan fingerprint density at radius 3 is 2.67 bits per heavy atom. The summed E-state index contributed by atoms with van der Waals surface area (Å²) in [6.45, 7) is 0.324. The van der Waals surface area contributed by atoms with Crippen molar-refractivity contribution in [3.63, 3.8) is 0 Å². The summed E-state index contributed by atoms with van der Waals surface area (Å²) in [5.74, 6) is 0.684. The quantitative estimate of drug-likeness (QED) is 0.648. The molecule has 0 aliphatic heterocycles. The molecule has 1 aromatic heterocycles. The summed E-state index contributed by atoms with van der Waals surface area (Å²) < 4.78 is 13.6. The summed E-state index contributed by atoms with van der Waals surface area (Å²) in [4.78, 5) is 8.47. The van der Waals surface area contributed by atoms with Gasteiger partial charge in [-0.25, -0.2) is 9.37 Å². The fraction of sp³-hybridized carbons (Fsp3) is 0.0588. The average Bonchev–Trinajstić information content (AvgIpc) is 2.57. The summed E-state index contributed by atoms with van der Waals surface area (Å²) in [5.41, 5.74) is 1.21. The lowest BCUT2D eigenvalue weighted by Crippen LogP contribution is -2.05. The van der Waals surface area contributed by atoms with Gasteiger partial charge < -0.3 is 10.6 Å². The van der Waals surface area contributed by atoms with Crippen LogP contribution in [-0.2, 0) is 6.54 Å². The van der Waals surface area contributed by atoms with E-state index in [1.807, 2.05) is 0 Å². The Labute approximate surface area is 148 Å². The number of benzene rings is 2. The third-order valence-electron chi connectivity index (χ3n) is 3.25. The highest BCUT2D eigenvalue weighted by molar-refractivity contribution is 6.36. The van der Waals surface area contributed by atoms with Crippen LogP contribution in [-0.4, -0.2) is 9.97 Å². The van der Waals surface area contributed by atoms with Crippen LogP contribution in [0.15, 0.2) is 54.7 Å². The summed E-state index contributed by atoms with van der Waals surface area (Å²) in [7, 11) is 0. The maximum Gasteiger partial charge on any atom is 0.229 e. The first kappa shape index (κ1) is 16.5. The molecule has 0 bridgehead atoms. The zero-order valence-corrected chi connectivity index (χ0v) is 13.9. The van der Waals surface area contributed by atoms with Crippen molar-refractivity contribution in [2.24, 2.45) is 0 Å². The molecule has 0 saturated heterocycles. The Morgan fingerprint density at radius 2 is 1.88 bits per heavy atom. The van der Waals surface area contributed by atoms with Gasteiger partial charge in [-0.3, -0.25) is 0 Å². The SMILES string of the molecule is Fc1ccccc1CNc1ccnc(Nc2ccc(Cl)cc2Cl)n1. The average molecular weight is 363 g/mol. The number of aromatic nitrogens is 2. The lowest BCUT2D eigenvalue weighted by atomic mass is 10.2. The molecule has 2 N–H and O–H groups in total. The smallest absolute Gasteiger partial charge is 0.229 e. The fourth-order valence-electron chi connectivity index (χ4n) is 2.06. The second-order valence-corrected chi connectivity index (χ2v) is 5.80. The minimum atomic E-state index is -0.259. The molecule has 0 atom stereocenters. The number of nitrogens with one attached hydrogen (secondary N) is 2. The largest absolute Gasteiger partial charge is 0.366 e. The molecule has 0 aliphatic rings. The van der Waals surface area contributed by atoms with Crippen LogP contribution >= 0.6 is 23.2 Å². The first-order valence-corrected chi connectivity index (χ1v) is 7.90. The van der Waals surface area contributed by atoms with Crippen LogP contribution in [0.25, 0.3) is 0 Å². The van der Waals surface area contributed by atoms with Crippen LogP contribution in [0.5, 0.6) is 0 Å². The summed E-state index contributed by atoms with van der Waals surface area (Å²) in [6.07, 6.45) is 1.60. The molecular formula is C17H13Cl2FN4. The van der Waals surface area contributed by atoms with Crippen LogP contribution in [0.3, 0.4) is 0 Å². The molecule has 0 unspecified atom stereocenters. The molecule has 0 fully saturated rings. The lowest BCUT2D eigenvalue weighted by molar-refractivity contribution is 0.613. The monoisotopic (exact) mass is 362 g/mol. The molecule has 0 amide bonds. The number of nitrogens with zero attached hydrogens (tertiary/aromatic N) is 2. The molecule has 24 heavy (non-hydrogen) atoms. The van der Waals surface area contributed by atoms with Crippen LogP contribution < -0.4 is 10.6 Å². The van der Waals surface area contributed by atoms with Crippen molar-refractivity contribution >= 4 is 40.7 Å². The second kappa shape index (κ2) is 7.47. The normalized spacial score (nSPS) is 10.5. The highest BCUT2D eigenvalue weighted by Crippen LogP contribution is 2.27. The van der Waals surface area contributed by atoms with Gasteiger partial charge in [0.25, 0.3) is 0 Å². The van der Waals surface area contributed by atoms with E-state index < -0.39 is 0 Å². The van der Waals surface area contributed by atoms with Gasteiger partial charge in [0.2, 0.25) is 5.95 Å². The van der Waals surface area contributed by atoms with E-state index in [-0.39, 0.29) is 5.82 Å². The molecule has 0 saturated carbocycles. The highest BCUT2D eigenvalue weighted by atomic mass is 35.5. The zero-order chi connectivity index (χ0) is 16.9. The maximum atomic E-state index is 13.6. The second-order valence-electron chi connectivity index (χ2n) is 4.96. The minimum Gasteiger partial charge on any atom is -0.366 e. The number of hydrogen-bond donors (Lipinski definition) is 2.